The molecule has 1 atom stereocenters. The van der Waals surface area contributed by atoms with E-state index in [4.69, 9.17) is 4.74 Å². The third kappa shape index (κ3) is 3.36. The lowest BCUT2D eigenvalue weighted by Crippen LogP contribution is -2.33. The van der Waals surface area contributed by atoms with Gasteiger partial charge in [-0.1, -0.05) is 30.3 Å². The number of ether oxygens (including phenoxy) is 1. The van der Waals surface area contributed by atoms with E-state index in [9.17, 15) is 13.6 Å². The van der Waals surface area contributed by atoms with Crippen molar-refractivity contribution in [3.05, 3.63) is 47.7 Å². The molecule has 1 aromatic carbocycles. The van der Waals surface area contributed by atoms with Crippen molar-refractivity contribution in [1.29, 1.82) is 0 Å². The Hall–Kier alpha value is -2.44. The van der Waals surface area contributed by atoms with Crippen molar-refractivity contribution in [2.75, 3.05) is 13.1 Å². The zero-order valence-electron chi connectivity index (χ0n) is 13.7. The van der Waals surface area contributed by atoms with Gasteiger partial charge in [0.1, 0.15) is 12.3 Å². The Morgan fingerprint density at radius 1 is 1.24 bits per heavy atom. The molecule has 0 spiro atoms. The number of benzene rings is 1. The molecule has 1 amide bonds. The van der Waals surface area contributed by atoms with Crippen molar-refractivity contribution < 1.29 is 18.3 Å². The van der Waals surface area contributed by atoms with E-state index in [-0.39, 0.29) is 18.9 Å². The zero-order valence-corrected chi connectivity index (χ0v) is 13.7. The minimum absolute atomic E-state index is 0.108. The molecule has 2 aromatic rings. The number of carbonyl (C=O) groups excluding carboxylic acids is 1. The van der Waals surface area contributed by atoms with Gasteiger partial charge in [0.25, 0.3) is 11.8 Å². The number of hydrogen-bond acceptors (Lipinski definition) is 3. The number of carbonyl (C=O) groups is 1. The van der Waals surface area contributed by atoms with Crippen molar-refractivity contribution in [3.63, 3.8) is 0 Å². The van der Waals surface area contributed by atoms with Gasteiger partial charge in [0.05, 0.1) is 0 Å². The summed E-state index contributed by atoms with van der Waals surface area (Å²) in [6.45, 7) is 1.53. The first kappa shape index (κ1) is 16.1. The third-order valence-electron chi connectivity index (χ3n) is 4.69. The lowest BCUT2D eigenvalue weighted by Gasteiger charge is -2.19. The summed E-state index contributed by atoms with van der Waals surface area (Å²) in [6.07, 6.45) is 0.568. The molecule has 0 saturated heterocycles. The molecule has 1 saturated carbocycles. The van der Waals surface area contributed by atoms with E-state index in [1.165, 1.54) is 4.90 Å². The Kier molecular flexibility index (Phi) is 3.94. The third-order valence-corrected chi connectivity index (χ3v) is 4.69. The van der Waals surface area contributed by atoms with Gasteiger partial charge in [0.2, 0.25) is 5.88 Å². The molecule has 1 aliphatic heterocycles. The number of alkyl halides is 2. The topological polar surface area (TPSA) is 47.4 Å². The van der Waals surface area contributed by atoms with Crippen molar-refractivity contribution in [1.82, 2.24) is 14.7 Å². The summed E-state index contributed by atoms with van der Waals surface area (Å²) in [5.41, 5.74) is 1.42. The van der Waals surface area contributed by atoms with Gasteiger partial charge in [-0.05, 0) is 12.0 Å². The maximum Gasteiger partial charge on any atom is 0.272 e. The highest BCUT2D eigenvalue weighted by Crippen LogP contribution is 2.49. The molecule has 132 valence electrons. The molecule has 2 aliphatic rings. The Morgan fingerprint density at radius 2 is 2.00 bits per heavy atom. The van der Waals surface area contributed by atoms with Gasteiger partial charge in [-0.15, -0.1) is 5.10 Å². The second-order valence-electron chi connectivity index (χ2n) is 6.63. The van der Waals surface area contributed by atoms with Crippen LogP contribution in [0, 0.1) is 5.92 Å². The van der Waals surface area contributed by atoms with Crippen molar-refractivity contribution in [2.24, 2.45) is 5.92 Å². The number of aryl methyl sites for hydroxylation is 1. The molecule has 0 N–H and O–H groups in total. The van der Waals surface area contributed by atoms with Crippen LogP contribution in [0.1, 0.15) is 28.9 Å². The quantitative estimate of drug-likeness (QED) is 0.835. The molecule has 1 aromatic heterocycles. The predicted octanol–water partition coefficient (Wildman–Crippen LogP) is 2.96. The van der Waals surface area contributed by atoms with E-state index in [2.05, 4.69) is 5.10 Å². The van der Waals surface area contributed by atoms with E-state index >= 15 is 0 Å². The predicted molar refractivity (Wildman–Crippen MR) is 86.6 cm³/mol. The highest BCUT2D eigenvalue weighted by Gasteiger charge is 2.57. The number of fused-ring (bicyclic) bond motifs is 1. The number of nitrogens with zero attached hydrogens (tertiary/aromatic N) is 3. The summed E-state index contributed by atoms with van der Waals surface area (Å²) < 4.78 is 33.6. The SMILES string of the molecule is O=C1c2cc(OCc3ccccc3)nn2CCCN1CC1CC1(F)F. The highest BCUT2D eigenvalue weighted by atomic mass is 19.3. The van der Waals surface area contributed by atoms with E-state index in [1.54, 1.807) is 10.7 Å². The molecular weight excluding hydrogens is 328 g/mol. The van der Waals surface area contributed by atoms with E-state index < -0.39 is 11.8 Å². The lowest BCUT2D eigenvalue weighted by atomic mass is 10.2. The van der Waals surface area contributed by atoms with Gasteiger partial charge in [-0.3, -0.25) is 9.48 Å². The number of halogens is 2. The molecule has 4 rings (SSSR count). The van der Waals surface area contributed by atoms with Crippen LogP contribution in [0.5, 0.6) is 5.88 Å². The first-order valence-corrected chi connectivity index (χ1v) is 8.44. The van der Waals surface area contributed by atoms with Crippen LogP contribution in [-0.4, -0.2) is 39.6 Å². The maximum atomic E-state index is 13.2. The summed E-state index contributed by atoms with van der Waals surface area (Å²) in [7, 11) is 0. The van der Waals surface area contributed by atoms with Crippen LogP contribution < -0.4 is 4.74 Å². The van der Waals surface area contributed by atoms with Crippen molar-refractivity contribution >= 4 is 5.91 Å². The smallest absolute Gasteiger partial charge is 0.272 e. The second-order valence-corrected chi connectivity index (χ2v) is 6.63. The van der Waals surface area contributed by atoms with Crippen molar-refractivity contribution in [2.45, 2.75) is 31.9 Å². The molecule has 2 heterocycles. The average molecular weight is 347 g/mol. The van der Waals surface area contributed by atoms with Crippen LogP contribution >= 0.6 is 0 Å². The Bertz CT molecular complexity index is 776. The van der Waals surface area contributed by atoms with Gasteiger partial charge in [0, 0.05) is 38.0 Å². The van der Waals surface area contributed by atoms with Crippen LogP contribution in [-0.2, 0) is 13.2 Å². The molecule has 0 bridgehead atoms. The lowest BCUT2D eigenvalue weighted by molar-refractivity contribution is 0.0660. The molecule has 1 fully saturated rings. The van der Waals surface area contributed by atoms with Crippen LogP contribution in [0.25, 0.3) is 0 Å². The fourth-order valence-electron chi connectivity index (χ4n) is 3.12. The molecule has 1 unspecified atom stereocenters. The highest BCUT2D eigenvalue weighted by molar-refractivity contribution is 5.93. The monoisotopic (exact) mass is 347 g/mol. The van der Waals surface area contributed by atoms with Crippen LogP contribution in [0.2, 0.25) is 0 Å². The van der Waals surface area contributed by atoms with Gasteiger partial charge in [0.15, 0.2) is 0 Å². The molecule has 5 nitrogen and oxygen atoms in total. The van der Waals surface area contributed by atoms with Gasteiger partial charge >= 0.3 is 0 Å². The fraction of sp³-hybridized carbons (Fsp3) is 0.444. The first-order chi connectivity index (χ1) is 12.0. The van der Waals surface area contributed by atoms with Crippen molar-refractivity contribution in [3.8, 4) is 5.88 Å². The normalized spacial score (nSPS) is 21.6. The Labute approximate surface area is 144 Å². The standard InChI is InChI=1S/C18H19F2N3O2/c19-18(20)10-14(18)11-22-7-4-8-23-15(17(22)24)9-16(21-23)25-12-13-5-2-1-3-6-13/h1-3,5-6,9,14H,4,7-8,10-12H2. The number of rotatable bonds is 5. The summed E-state index contributed by atoms with van der Waals surface area (Å²) in [4.78, 5) is 14.2. The minimum atomic E-state index is -2.61. The van der Waals surface area contributed by atoms with Crippen LogP contribution in [0.4, 0.5) is 8.78 Å². The molecule has 0 radical (unpaired) electrons. The molecule has 1 aliphatic carbocycles. The Balaban J connectivity index is 1.45. The summed E-state index contributed by atoms with van der Waals surface area (Å²) in [6, 6.07) is 11.3. The van der Waals surface area contributed by atoms with E-state index in [0.29, 0.717) is 37.7 Å². The fourth-order valence-corrected chi connectivity index (χ4v) is 3.12. The molecule has 25 heavy (non-hydrogen) atoms. The van der Waals surface area contributed by atoms with E-state index in [0.717, 1.165) is 5.56 Å². The number of hydrogen-bond donors (Lipinski definition) is 0. The van der Waals surface area contributed by atoms with Gasteiger partial charge < -0.3 is 9.64 Å². The second kappa shape index (κ2) is 6.13. The molecule has 7 heteroatoms. The Morgan fingerprint density at radius 3 is 2.72 bits per heavy atom. The first-order valence-electron chi connectivity index (χ1n) is 8.44. The van der Waals surface area contributed by atoms with Crippen LogP contribution in [0.15, 0.2) is 36.4 Å². The van der Waals surface area contributed by atoms with Crippen LogP contribution in [0.3, 0.4) is 0 Å². The zero-order chi connectivity index (χ0) is 17.4. The molecular formula is C18H19F2N3O2. The maximum absolute atomic E-state index is 13.2. The number of aromatic nitrogens is 2. The summed E-state index contributed by atoms with van der Waals surface area (Å²) >= 11 is 0. The summed E-state index contributed by atoms with van der Waals surface area (Å²) in [5, 5.41) is 4.33. The minimum Gasteiger partial charge on any atom is -0.472 e. The largest absolute Gasteiger partial charge is 0.472 e. The van der Waals surface area contributed by atoms with Gasteiger partial charge in [-0.25, -0.2) is 8.78 Å². The summed E-state index contributed by atoms with van der Waals surface area (Å²) in [5.74, 6) is -3.19. The number of amides is 1. The van der Waals surface area contributed by atoms with Gasteiger partial charge in [-0.2, -0.15) is 0 Å². The average Bonchev–Trinajstić information content (AvgIpc) is 3.05. The van der Waals surface area contributed by atoms with E-state index in [1.807, 2.05) is 30.3 Å².